The van der Waals surface area contributed by atoms with E-state index in [-0.39, 0.29) is 11.9 Å². The Balaban J connectivity index is 2.05. The van der Waals surface area contributed by atoms with Gasteiger partial charge in [-0.2, -0.15) is 0 Å². The van der Waals surface area contributed by atoms with Gasteiger partial charge >= 0.3 is 0 Å². The number of nitrogens with zero attached hydrogens (tertiary/aromatic N) is 1. The van der Waals surface area contributed by atoms with E-state index < -0.39 is 0 Å². The lowest BCUT2D eigenvalue weighted by Gasteiger charge is -2.34. The van der Waals surface area contributed by atoms with Crippen LogP contribution in [0.1, 0.15) is 30.1 Å². The number of rotatable bonds is 5. The van der Waals surface area contributed by atoms with Gasteiger partial charge in [-0.25, -0.2) is 0 Å². The van der Waals surface area contributed by atoms with Gasteiger partial charge in [0, 0.05) is 19.1 Å². The van der Waals surface area contributed by atoms with Crippen LogP contribution in [0.5, 0.6) is 5.75 Å². The van der Waals surface area contributed by atoms with Crippen molar-refractivity contribution >= 4 is 5.91 Å². The minimum atomic E-state index is 0.0396. The molecular formula is C17H24N2O2. The largest absolute Gasteiger partial charge is 0.489 e. The second kappa shape index (κ2) is 7.27. The number of carbonyl (C=O) groups is 1. The Bertz CT molecular complexity index is 491. The molecule has 2 N–H and O–H groups in total. The molecule has 0 radical (unpaired) electrons. The fraction of sp³-hybridized carbons (Fsp3) is 0.471. The zero-order valence-corrected chi connectivity index (χ0v) is 12.6. The molecule has 1 aliphatic rings. The maximum Gasteiger partial charge on any atom is 0.257 e. The van der Waals surface area contributed by atoms with Crippen LogP contribution in [0.25, 0.3) is 0 Å². The van der Waals surface area contributed by atoms with E-state index in [4.69, 9.17) is 10.5 Å². The minimum absolute atomic E-state index is 0.0396. The minimum Gasteiger partial charge on any atom is -0.489 e. The molecule has 1 saturated heterocycles. The van der Waals surface area contributed by atoms with E-state index in [9.17, 15) is 4.79 Å². The van der Waals surface area contributed by atoms with Crippen molar-refractivity contribution in [3.63, 3.8) is 0 Å². The average Bonchev–Trinajstić information content (AvgIpc) is 2.52. The van der Waals surface area contributed by atoms with Crippen LogP contribution in [0, 0.1) is 5.92 Å². The molecule has 1 unspecified atom stereocenters. The number of carbonyl (C=O) groups excluding carboxylic acids is 1. The highest BCUT2D eigenvalue weighted by Crippen LogP contribution is 2.24. The maximum absolute atomic E-state index is 12.6. The van der Waals surface area contributed by atoms with E-state index in [1.165, 1.54) is 0 Å². The van der Waals surface area contributed by atoms with Crippen molar-refractivity contribution in [2.24, 2.45) is 11.7 Å². The molecule has 1 amide bonds. The molecule has 1 atom stereocenters. The van der Waals surface area contributed by atoms with E-state index in [0.717, 1.165) is 25.9 Å². The highest BCUT2D eigenvalue weighted by atomic mass is 16.5. The van der Waals surface area contributed by atoms with Crippen LogP contribution in [0.15, 0.2) is 36.9 Å². The molecule has 2 rings (SSSR count). The van der Waals surface area contributed by atoms with Gasteiger partial charge in [0.2, 0.25) is 0 Å². The number of para-hydroxylation sites is 1. The van der Waals surface area contributed by atoms with Gasteiger partial charge in [0.1, 0.15) is 12.4 Å². The van der Waals surface area contributed by atoms with Crippen LogP contribution in [-0.4, -0.2) is 36.5 Å². The third-order valence-corrected chi connectivity index (χ3v) is 4.04. The Morgan fingerprint density at radius 3 is 2.76 bits per heavy atom. The lowest BCUT2D eigenvalue weighted by molar-refractivity contribution is 0.0677. The van der Waals surface area contributed by atoms with Crippen molar-refractivity contribution in [1.82, 2.24) is 4.90 Å². The average molecular weight is 288 g/mol. The Labute approximate surface area is 126 Å². The summed E-state index contributed by atoms with van der Waals surface area (Å²) in [7, 11) is 0. The second-order valence-corrected chi connectivity index (χ2v) is 5.58. The molecule has 1 aromatic rings. The van der Waals surface area contributed by atoms with Gasteiger partial charge in [-0.15, -0.1) is 0 Å². The second-order valence-electron chi connectivity index (χ2n) is 5.58. The summed E-state index contributed by atoms with van der Waals surface area (Å²) < 4.78 is 5.57. The Morgan fingerprint density at radius 1 is 1.48 bits per heavy atom. The van der Waals surface area contributed by atoms with Crippen molar-refractivity contribution < 1.29 is 9.53 Å². The maximum atomic E-state index is 12.6. The van der Waals surface area contributed by atoms with Crippen molar-refractivity contribution in [2.45, 2.75) is 25.8 Å². The molecule has 4 heteroatoms. The molecule has 0 spiro atoms. The quantitative estimate of drug-likeness (QED) is 0.847. The summed E-state index contributed by atoms with van der Waals surface area (Å²) in [6.45, 7) is 7.60. The summed E-state index contributed by atoms with van der Waals surface area (Å²) in [4.78, 5) is 14.5. The number of likely N-dealkylation sites (tertiary alicyclic amines) is 1. The molecule has 1 heterocycles. The van der Waals surface area contributed by atoms with E-state index in [1.807, 2.05) is 36.1 Å². The van der Waals surface area contributed by atoms with Crippen molar-refractivity contribution in [2.75, 3.05) is 19.7 Å². The van der Waals surface area contributed by atoms with Crippen molar-refractivity contribution in [3.8, 4) is 5.75 Å². The molecule has 1 aliphatic heterocycles. The molecule has 0 aliphatic carbocycles. The first-order chi connectivity index (χ1) is 10.1. The molecule has 1 aromatic carbocycles. The van der Waals surface area contributed by atoms with Gasteiger partial charge in [0.05, 0.1) is 5.56 Å². The van der Waals surface area contributed by atoms with Crippen LogP contribution >= 0.6 is 0 Å². The number of ether oxygens (including phenoxy) is 1. The standard InChI is InChI=1S/C17H24N2O2/c1-3-12-21-16-7-5-4-6-15(16)17(20)19-10-8-14(9-11-19)13(2)18/h3-7,13-14H,1,8-12,18H2,2H3. The molecule has 4 nitrogen and oxygen atoms in total. The van der Waals surface area contributed by atoms with Crippen LogP contribution in [0.3, 0.4) is 0 Å². The van der Waals surface area contributed by atoms with Crippen molar-refractivity contribution in [3.05, 3.63) is 42.5 Å². The van der Waals surface area contributed by atoms with Gasteiger partial charge in [0.25, 0.3) is 5.91 Å². The third kappa shape index (κ3) is 3.85. The van der Waals surface area contributed by atoms with Crippen molar-refractivity contribution in [1.29, 1.82) is 0 Å². The first kappa shape index (κ1) is 15.6. The molecule has 0 saturated carbocycles. The number of hydrogen-bond donors (Lipinski definition) is 1. The third-order valence-electron chi connectivity index (χ3n) is 4.04. The van der Waals surface area contributed by atoms with E-state index in [0.29, 0.717) is 23.8 Å². The van der Waals surface area contributed by atoms with E-state index in [2.05, 4.69) is 6.58 Å². The summed E-state index contributed by atoms with van der Waals surface area (Å²) in [5, 5.41) is 0. The topological polar surface area (TPSA) is 55.6 Å². The SMILES string of the molecule is C=CCOc1ccccc1C(=O)N1CCC(C(C)N)CC1. The molecule has 0 bridgehead atoms. The number of hydrogen-bond acceptors (Lipinski definition) is 3. The van der Waals surface area contributed by atoms with Crippen LogP contribution < -0.4 is 10.5 Å². The lowest BCUT2D eigenvalue weighted by Crippen LogP contribution is -2.42. The van der Waals surface area contributed by atoms with Crippen LogP contribution in [0.4, 0.5) is 0 Å². The van der Waals surface area contributed by atoms with Gasteiger partial charge in [0.15, 0.2) is 0 Å². The van der Waals surface area contributed by atoms with E-state index in [1.54, 1.807) is 6.08 Å². The smallest absolute Gasteiger partial charge is 0.257 e. The predicted octanol–water partition coefficient (Wildman–Crippen LogP) is 2.45. The fourth-order valence-electron chi connectivity index (χ4n) is 2.72. The van der Waals surface area contributed by atoms with Gasteiger partial charge < -0.3 is 15.4 Å². The monoisotopic (exact) mass is 288 g/mol. The van der Waals surface area contributed by atoms with Gasteiger partial charge in [-0.1, -0.05) is 24.8 Å². The number of amides is 1. The zero-order chi connectivity index (χ0) is 15.2. The summed E-state index contributed by atoms with van der Waals surface area (Å²) in [5.41, 5.74) is 6.57. The molecular weight excluding hydrogens is 264 g/mol. The lowest BCUT2D eigenvalue weighted by atomic mass is 9.90. The summed E-state index contributed by atoms with van der Waals surface area (Å²) >= 11 is 0. The summed E-state index contributed by atoms with van der Waals surface area (Å²) in [5.74, 6) is 1.18. The van der Waals surface area contributed by atoms with Gasteiger partial charge in [-0.05, 0) is 37.8 Å². The summed E-state index contributed by atoms with van der Waals surface area (Å²) in [6, 6.07) is 7.58. The number of piperidine rings is 1. The highest BCUT2D eigenvalue weighted by Gasteiger charge is 2.26. The first-order valence-electron chi connectivity index (χ1n) is 7.51. The zero-order valence-electron chi connectivity index (χ0n) is 12.6. The molecule has 0 aromatic heterocycles. The first-order valence-corrected chi connectivity index (χ1v) is 7.51. The van der Waals surface area contributed by atoms with Crippen LogP contribution in [-0.2, 0) is 0 Å². The Morgan fingerprint density at radius 2 is 2.14 bits per heavy atom. The highest BCUT2D eigenvalue weighted by molar-refractivity contribution is 5.97. The molecule has 21 heavy (non-hydrogen) atoms. The number of nitrogens with two attached hydrogens (primary N) is 1. The van der Waals surface area contributed by atoms with Crippen LogP contribution in [0.2, 0.25) is 0 Å². The van der Waals surface area contributed by atoms with Gasteiger partial charge in [-0.3, -0.25) is 4.79 Å². The van der Waals surface area contributed by atoms with E-state index >= 15 is 0 Å². The fourth-order valence-corrected chi connectivity index (χ4v) is 2.72. The summed E-state index contributed by atoms with van der Waals surface area (Å²) in [6.07, 6.45) is 3.62. The predicted molar refractivity (Wildman–Crippen MR) is 84.4 cm³/mol. The molecule has 1 fully saturated rings. The number of benzene rings is 1. The Hall–Kier alpha value is -1.81. The normalized spacial score (nSPS) is 17.3. The Kier molecular flexibility index (Phi) is 5.39. The molecule has 114 valence electrons.